The number of rotatable bonds is 5. The van der Waals surface area contributed by atoms with Gasteiger partial charge >= 0.3 is 0 Å². The van der Waals surface area contributed by atoms with Crippen molar-refractivity contribution >= 4 is 29.0 Å². The molecule has 1 aliphatic rings. The number of hydrogen-bond acceptors (Lipinski definition) is 5. The smallest absolute Gasteiger partial charge is 0.166 e. The number of nitrogen functional groups attached to an aromatic ring is 1. The van der Waals surface area contributed by atoms with Crippen LogP contribution in [0.5, 0.6) is 5.75 Å². The minimum absolute atomic E-state index is 0.103. The van der Waals surface area contributed by atoms with E-state index in [1.165, 1.54) is 17.0 Å². The number of piperidine rings is 1. The molecule has 4 rings (SSSR count). The molecule has 0 unspecified atom stereocenters. The van der Waals surface area contributed by atoms with Gasteiger partial charge in [-0.15, -0.1) is 0 Å². The molecule has 2 N–H and O–H groups in total. The second-order valence-corrected chi connectivity index (χ2v) is 8.34. The number of hydrogen-bond donors (Lipinski definition) is 1. The molecule has 0 saturated carbocycles. The highest BCUT2D eigenvalue weighted by atomic mass is 35.5. The fourth-order valence-electron chi connectivity index (χ4n) is 3.69. The fourth-order valence-corrected chi connectivity index (χ4v) is 4.37. The van der Waals surface area contributed by atoms with Crippen LogP contribution in [0.1, 0.15) is 41.6 Å². The molecule has 3 heterocycles. The molecule has 2 aromatic heterocycles. The van der Waals surface area contributed by atoms with Crippen molar-refractivity contribution in [2.45, 2.75) is 31.9 Å². The molecule has 164 valence electrons. The number of anilines is 1. The molecule has 1 saturated heterocycles. The van der Waals surface area contributed by atoms with Crippen LogP contribution in [0.4, 0.5) is 10.2 Å². The summed E-state index contributed by atoms with van der Waals surface area (Å²) in [6, 6.07) is 4.47. The Hall–Kier alpha value is -2.35. The van der Waals surface area contributed by atoms with Gasteiger partial charge in [0.15, 0.2) is 11.6 Å². The summed E-state index contributed by atoms with van der Waals surface area (Å²) in [5, 5.41) is 4.66. The Kier molecular flexibility index (Phi) is 5.31. The van der Waals surface area contributed by atoms with Crippen LogP contribution >= 0.6 is 23.2 Å². The lowest BCUT2D eigenvalue weighted by molar-refractivity contribution is 0.212. The summed E-state index contributed by atoms with van der Waals surface area (Å²) in [7, 11) is 0. The minimum Gasteiger partial charge on any atom is -0.482 e. The predicted molar refractivity (Wildman–Crippen MR) is 121 cm³/mol. The zero-order valence-electron chi connectivity index (χ0n) is 19.9. The van der Waals surface area contributed by atoms with Gasteiger partial charge in [-0.05, 0) is 58.0 Å². The van der Waals surface area contributed by atoms with Gasteiger partial charge in [-0.25, -0.2) is 9.37 Å². The molecule has 0 radical (unpaired) electrons. The Bertz CT molecular complexity index is 1180. The van der Waals surface area contributed by atoms with Crippen molar-refractivity contribution in [3.05, 3.63) is 58.2 Å². The van der Waals surface area contributed by atoms with Crippen LogP contribution in [-0.4, -0.2) is 39.7 Å². The van der Waals surface area contributed by atoms with E-state index in [4.69, 9.17) is 37.8 Å². The largest absolute Gasteiger partial charge is 0.482 e. The fraction of sp³-hybridized carbons (Fsp3) is 0.364. The van der Waals surface area contributed by atoms with Crippen LogP contribution in [0.3, 0.4) is 0 Å². The van der Waals surface area contributed by atoms with Crippen molar-refractivity contribution in [1.82, 2.24) is 19.7 Å². The van der Waals surface area contributed by atoms with E-state index in [1.54, 1.807) is 25.4 Å². The van der Waals surface area contributed by atoms with Gasteiger partial charge < -0.3 is 15.4 Å². The number of benzene rings is 1. The van der Waals surface area contributed by atoms with Gasteiger partial charge in [-0.2, -0.15) is 5.10 Å². The second-order valence-electron chi connectivity index (χ2n) is 7.55. The van der Waals surface area contributed by atoms with Gasteiger partial charge in [0.25, 0.3) is 0 Å². The molecule has 6 nitrogen and oxygen atoms in total. The average molecular weight is 467 g/mol. The van der Waals surface area contributed by atoms with E-state index in [1.807, 2.05) is 10.9 Å². The summed E-state index contributed by atoms with van der Waals surface area (Å²) in [6.07, 6.45) is 5.95. The molecule has 0 aliphatic carbocycles. The van der Waals surface area contributed by atoms with Gasteiger partial charge in [0, 0.05) is 38.2 Å². The number of pyridine rings is 1. The second kappa shape index (κ2) is 9.02. The van der Waals surface area contributed by atoms with E-state index in [0.29, 0.717) is 37.2 Å². The summed E-state index contributed by atoms with van der Waals surface area (Å²) in [5.41, 5.74) is 7.89. The van der Waals surface area contributed by atoms with Gasteiger partial charge in [0.2, 0.25) is 0 Å². The van der Waals surface area contributed by atoms with Crippen molar-refractivity contribution in [2.75, 3.05) is 25.8 Å². The molecule has 3 aromatic rings. The maximum Gasteiger partial charge on any atom is 0.166 e. The van der Waals surface area contributed by atoms with E-state index in [-0.39, 0.29) is 21.9 Å². The molecule has 1 aliphatic heterocycles. The summed E-state index contributed by atoms with van der Waals surface area (Å²) in [6.45, 7) is 0.605. The van der Waals surface area contributed by atoms with Crippen LogP contribution in [0.15, 0.2) is 36.8 Å². The lowest BCUT2D eigenvalue weighted by Gasteiger charge is -2.28. The van der Waals surface area contributed by atoms with Gasteiger partial charge in [0.1, 0.15) is 11.9 Å². The molecule has 0 bridgehead atoms. The number of likely N-dealkylation sites (tertiary alicyclic amines) is 1. The van der Waals surface area contributed by atoms with E-state index in [0.717, 1.165) is 11.1 Å². The van der Waals surface area contributed by atoms with Crippen LogP contribution in [0.2, 0.25) is 10.0 Å². The normalized spacial score (nSPS) is 18.3. The lowest BCUT2D eigenvalue weighted by Crippen LogP contribution is -2.31. The highest BCUT2D eigenvalue weighted by molar-refractivity contribution is 6.36. The zero-order valence-corrected chi connectivity index (χ0v) is 18.4. The summed E-state index contributed by atoms with van der Waals surface area (Å²) in [5.74, 6) is -0.114. The van der Waals surface area contributed by atoms with Gasteiger partial charge in [-0.1, -0.05) is 23.2 Å². The monoisotopic (exact) mass is 466 g/mol. The van der Waals surface area contributed by atoms with Crippen LogP contribution in [0, 0.1) is 5.82 Å². The third-order valence-electron chi connectivity index (χ3n) is 5.44. The molecule has 1 atom stereocenters. The van der Waals surface area contributed by atoms with Crippen molar-refractivity contribution in [3.63, 3.8) is 0 Å². The minimum atomic E-state index is -2.07. The van der Waals surface area contributed by atoms with Crippen LogP contribution in [-0.2, 0) is 0 Å². The summed E-state index contributed by atoms with van der Waals surface area (Å²) >= 11 is 12.3. The lowest BCUT2D eigenvalue weighted by atomic mass is 10.1. The number of ether oxygens (including phenoxy) is 1. The molecular weight excluding hydrogens is 440 g/mol. The first kappa shape index (κ1) is 18.2. The summed E-state index contributed by atoms with van der Waals surface area (Å²) in [4.78, 5) is 5.74. The third-order valence-corrected chi connectivity index (χ3v) is 6.16. The topological polar surface area (TPSA) is 69.2 Å². The highest BCUT2D eigenvalue weighted by Gasteiger charge is 2.21. The summed E-state index contributed by atoms with van der Waals surface area (Å²) < 4.78 is 44.4. The first-order valence-corrected chi connectivity index (χ1v) is 10.7. The van der Waals surface area contributed by atoms with E-state index in [2.05, 4.69) is 10.1 Å². The van der Waals surface area contributed by atoms with Crippen molar-refractivity contribution in [2.24, 2.45) is 0 Å². The van der Waals surface area contributed by atoms with E-state index in [9.17, 15) is 4.39 Å². The van der Waals surface area contributed by atoms with Crippen molar-refractivity contribution < 1.29 is 13.2 Å². The Morgan fingerprint density at radius 2 is 2.03 bits per heavy atom. The number of nitrogens with two attached hydrogens (primary N) is 1. The maximum absolute atomic E-state index is 13.9. The number of halogens is 3. The molecule has 9 heteroatoms. The maximum atomic E-state index is 13.9. The first-order valence-electron chi connectivity index (χ1n) is 11.4. The highest BCUT2D eigenvalue weighted by Crippen LogP contribution is 2.37. The standard InChI is InChI=1S/C22H24Cl2FN5O/c1-13(20-17(23)3-4-18(25)21(20)24)31-19-9-14(10-27-22(19)26)15-11-28-30(12-15)16-5-7-29(2)8-6-16/h3-4,9-13,16H,5-8H2,1-2H3,(H2,26,27)/t13-/m0/s1/i2D3. The Morgan fingerprint density at radius 1 is 1.26 bits per heavy atom. The van der Waals surface area contributed by atoms with Crippen molar-refractivity contribution in [1.29, 1.82) is 0 Å². The molecular formula is C22H24Cl2FN5O. The molecule has 1 aromatic carbocycles. The van der Waals surface area contributed by atoms with Gasteiger partial charge in [0.05, 0.1) is 17.3 Å². The predicted octanol–water partition coefficient (Wildman–Crippen LogP) is 5.38. The average Bonchev–Trinajstić information content (AvgIpc) is 3.28. The quantitative estimate of drug-likeness (QED) is 0.511. The number of aromatic nitrogens is 3. The third kappa shape index (κ3) is 4.63. The van der Waals surface area contributed by atoms with Gasteiger partial charge in [-0.3, -0.25) is 4.68 Å². The zero-order chi connectivity index (χ0) is 24.6. The van der Waals surface area contributed by atoms with Crippen molar-refractivity contribution in [3.8, 4) is 16.9 Å². The Morgan fingerprint density at radius 3 is 2.77 bits per heavy atom. The Balaban J connectivity index is 1.51. The van der Waals surface area contributed by atoms with Crippen LogP contribution < -0.4 is 10.5 Å². The number of nitrogens with zero attached hydrogens (tertiary/aromatic N) is 4. The molecule has 31 heavy (non-hydrogen) atoms. The SMILES string of the molecule is [2H]C([2H])([2H])N1CCC(n2cc(-c3cnc(N)c(O[C@@H](C)c4c(Cl)ccc(F)c4Cl)c3)cn2)CC1. The molecule has 0 amide bonds. The van der Waals surface area contributed by atoms with E-state index < -0.39 is 18.9 Å². The van der Waals surface area contributed by atoms with Crippen LogP contribution in [0.25, 0.3) is 11.1 Å². The van der Waals surface area contributed by atoms with E-state index >= 15 is 0 Å². The Labute approximate surface area is 194 Å². The first-order chi connectivity index (χ1) is 16.0. The molecule has 1 fully saturated rings. The molecule has 0 spiro atoms.